The third-order valence-corrected chi connectivity index (χ3v) is 0.989. The Morgan fingerprint density at radius 2 is 1.17 bits per heavy atom. The first-order chi connectivity index (χ1) is 5.43. The Hall–Kier alpha value is -0.880. The summed E-state index contributed by atoms with van der Waals surface area (Å²) in [6, 6.07) is 0. The highest BCUT2D eigenvalue weighted by Gasteiger charge is 2.12. The Balaban J connectivity index is 4.03. The van der Waals surface area contributed by atoms with Crippen LogP contribution < -0.4 is 10.6 Å². The van der Waals surface area contributed by atoms with Gasteiger partial charge in [0.1, 0.15) is 0 Å². The van der Waals surface area contributed by atoms with Gasteiger partial charge in [-0.05, 0) is 13.8 Å². The Morgan fingerprint density at radius 3 is 1.33 bits per heavy atom. The van der Waals surface area contributed by atoms with Crippen molar-refractivity contribution in [3.63, 3.8) is 0 Å². The average molecular weight is 204 g/mol. The van der Waals surface area contributed by atoms with E-state index in [2.05, 4.69) is 35.1 Å². The molecule has 0 radical (unpaired) electrons. The fraction of sp³-hybridized carbons (Fsp3) is 0.333. The first-order valence-electron chi connectivity index (χ1n) is 3.07. The van der Waals surface area contributed by atoms with Crippen LogP contribution in [0.15, 0.2) is 0 Å². The molecule has 0 heterocycles. The molecule has 2 N–H and O–H groups in total. The van der Waals surface area contributed by atoms with Crippen LogP contribution in [0.25, 0.3) is 0 Å². The fourth-order valence-corrected chi connectivity index (χ4v) is 0.619. The summed E-state index contributed by atoms with van der Waals surface area (Å²) in [6.07, 6.45) is 0. The predicted molar refractivity (Wildman–Crippen MR) is 52.8 cm³/mol. The van der Waals surface area contributed by atoms with Crippen molar-refractivity contribution >= 4 is 46.2 Å². The van der Waals surface area contributed by atoms with Crippen molar-refractivity contribution in [2.24, 2.45) is 0 Å². The molecule has 0 aliphatic carbocycles. The lowest BCUT2D eigenvalue weighted by Gasteiger charge is -2.01. The van der Waals surface area contributed by atoms with Gasteiger partial charge in [0.25, 0.3) is 0 Å². The highest BCUT2D eigenvalue weighted by molar-refractivity contribution is 7.80. The zero-order chi connectivity index (χ0) is 9.72. The smallest absolute Gasteiger partial charge is 0.312 e. The lowest BCUT2D eigenvalue weighted by Crippen LogP contribution is -2.42. The fourth-order valence-electron chi connectivity index (χ4n) is 0.433. The van der Waals surface area contributed by atoms with Gasteiger partial charge in [-0.2, -0.15) is 0 Å². The van der Waals surface area contributed by atoms with Crippen LogP contribution in [0.2, 0.25) is 0 Å². The van der Waals surface area contributed by atoms with E-state index in [9.17, 15) is 9.59 Å². The van der Waals surface area contributed by atoms with Crippen molar-refractivity contribution in [1.82, 2.24) is 10.6 Å². The molecule has 0 aromatic heterocycles. The van der Waals surface area contributed by atoms with Crippen LogP contribution in [0.5, 0.6) is 0 Å². The van der Waals surface area contributed by atoms with Crippen LogP contribution in [0.4, 0.5) is 0 Å². The molecule has 0 fully saturated rings. The van der Waals surface area contributed by atoms with E-state index in [1.54, 1.807) is 0 Å². The third kappa shape index (κ3) is 4.86. The zero-order valence-electron chi connectivity index (χ0n) is 6.63. The molecule has 0 unspecified atom stereocenters. The first-order valence-corrected chi connectivity index (χ1v) is 3.88. The van der Waals surface area contributed by atoms with E-state index in [4.69, 9.17) is 0 Å². The number of nitrogens with one attached hydrogen (secondary N) is 2. The Bertz CT molecular complexity index is 224. The van der Waals surface area contributed by atoms with Crippen LogP contribution in [0.1, 0.15) is 13.8 Å². The van der Waals surface area contributed by atoms with Gasteiger partial charge in [0.2, 0.25) is 0 Å². The van der Waals surface area contributed by atoms with Gasteiger partial charge in [0, 0.05) is 0 Å². The van der Waals surface area contributed by atoms with Crippen LogP contribution in [-0.4, -0.2) is 21.8 Å². The Kier molecular flexibility index (Phi) is 4.53. The molecule has 0 bridgehead atoms. The second-order valence-electron chi connectivity index (χ2n) is 2.02. The second-order valence-corrected chi connectivity index (χ2v) is 3.25. The van der Waals surface area contributed by atoms with E-state index >= 15 is 0 Å². The molecular weight excluding hydrogens is 196 g/mol. The van der Waals surface area contributed by atoms with E-state index in [1.165, 1.54) is 13.8 Å². The summed E-state index contributed by atoms with van der Waals surface area (Å²) < 4.78 is 0. The van der Waals surface area contributed by atoms with E-state index in [0.29, 0.717) is 0 Å². The number of hydrogen-bond acceptors (Lipinski definition) is 4. The lowest BCUT2D eigenvalue weighted by atomic mass is 10.5. The Morgan fingerprint density at radius 1 is 0.917 bits per heavy atom. The molecule has 0 aromatic carbocycles. The monoisotopic (exact) mass is 204 g/mol. The third-order valence-electron chi connectivity index (χ3n) is 0.785. The number of carbonyl (C=O) groups excluding carboxylic acids is 2. The van der Waals surface area contributed by atoms with Gasteiger partial charge in [-0.1, -0.05) is 24.4 Å². The van der Waals surface area contributed by atoms with Gasteiger partial charge in [0.05, 0.1) is 9.98 Å². The first kappa shape index (κ1) is 11.1. The molecular formula is C6H8N2O2S2. The maximum Gasteiger partial charge on any atom is 0.314 e. The summed E-state index contributed by atoms with van der Waals surface area (Å²) in [5.41, 5.74) is 0. The van der Waals surface area contributed by atoms with E-state index in [-0.39, 0.29) is 9.98 Å². The maximum atomic E-state index is 10.8. The minimum atomic E-state index is -0.799. The SMILES string of the molecule is CC(=S)NC(=O)C(=O)NC(C)=S. The summed E-state index contributed by atoms with van der Waals surface area (Å²) in [4.78, 5) is 22.1. The van der Waals surface area contributed by atoms with Gasteiger partial charge in [-0.3, -0.25) is 9.59 Å². The van der Waals surface area contributed by atoms with Crippen LogP contribution in [0, 0.1) is 0 Å². The topological polar surface area (TPSA) is 58.2 Å². The number of thiocarbonyl (C=S) groups is 2. The van der Waals surface area contributed by atoms with Gasteiger partial charge >= 0.3 is 11.8 Å². The quantitative estimate of drug-likeness (QED) is 0.428. The summed E-state index contributed by atoms with van der Waals surface area (Å²) in [5.74, 6) is -1.60. The summed E-state index contributed by atoms with van der Waals surface area (Å²) in [6.45, 7) is 3.01. The maximum absolute atomic E-state index is 10.8. The van der Waals surface area contributed by atoms with Crippen molar-refractivity contribution in [3.8, 4) is 0 Å². The van der Waals surface area contributed by atoms with Gasteiger partial charge < -0.3 is 10.6 Å². The van der Waals surface area contributed by atoms with E-state index in [1.807, 2.05) is 0 Å². The van der Waals surface area contributed by atoms with Crippen molar-refractivity contribution in [1.29, 1.82) is 0 Å². The van der Waals surface area contributed by atoms with Crippen molar-refractivity contribution in [3.05, 3.63) is 0 Å². The minimum absolute atomic E-state index is 0.247. The molecule has 0 atom stereocenters. The Labute approximate surface area is 80.7 Å². The largest absolute Gasteiger partial charge is 0.314 e. The molecule has 2 amide bonds. The molecule has 4 nitrogen and oxygen atoms in total. The van der Waals surface area contributed by atoms with Crippen molar-refractivity contribution < 1.29 is 9.59 Å². The average Bonchev–Trinajstić information content (AvgIpc) is 1.84. The highest BCUT2D eigenvalue weighted by Crippen LogP contribution is 1.74. The minimum Gasteiger partial charge on any atom is -0.312 e. The van der Waals surface area contributed by atoms with E-state index in [0.717, 1.165) is 0 Å². The normalized spacial score (nSPS) is 8.50. The van der Waals surface area contributed by atoms with Gasteiger partial charge in [-0.15, -0.1) is 0 Å². The second kappa shape index (κ2) is 4.89. The molecule has 6 heteroatoms. The lowest BCUT2D eigenvalue weighted by molar-refractivity contribution is -0.137. The molecule has 0 spiro atoms. The number of hydrogen-bond donors (Lipinski definition) is 2. The van der Waals surface area contributed by atoms with Crippen LogP contribution in [0.3, 0.4) is 0 Å². The molecule has 0 saturated carbocycles. The molecule has 0 aliphatic rings. The zero-order valence-corrected chi connectivity index (χ0v) is 8.27. The molecule has 0 aliphatic heterocycles. The molecule has 12 heavy (non-hydrogen) atoms. The van der Waals surface area contributed by atoms with Crippen molar-refractivity contribution in [2.75, 3.05) is 0 Å². The number of rotatable bonds is 0. The molecule has 0 rings (SSSR count). The summed E-state index contributed by atoms with van der Waals surface area (Å²) in [5, 5.41) is 4.34. The molecule has 0 saturated heterocycles. The van der Waals surface area contributed by atoms with Crippen LogP contribution >= 0.6 is 24.4 Å². The summed E-state index contributed by atoms with van der Waals surface area (Å²) in [7, 11) is 0. The van der Waals surface area contributed by atoms with Crippen molar-refractivity contribution in [2.45, 2.75) is 13.8 Å². The standard InChI is InChI=1S/C6H8N2O2S2/c1-3(11)7-5(9)6(10)8-4(2)12/h1-2H3,(H,7,9,11)(H,8,10,12). The van der Waals surface area contributed by atoms with Gasteiger partial charge in [-0.25, -0.2) is 0 Å². The summed E-state index contributed by atoms with van der Waals surface area (Å²) >= 11 is 9.12. The van der Waals surface area contributed by atoms with Gasteiger partial charge in [0.15, 0.2) is 0 Å². The molecule has 66 valence electrons. The number of amides is 2. The molecule has 0 aromatic rings. The highest BCUT2D eigenvalue weighted by atomic mass is 32.1. The number of carbonyl (C=O) groups is 2. The predicted octanol–water partition coefficient (Wildman–Crippen LogP) is -0.0866. The van der Waals surface area contributed by atoms with E-state index < -0.39 is 11.8 Å². The van der Waals surface area contributed by atoms with Crippen LogP contribution in [-0.2, 0) is 9.59 Å².